The van der Waals surface area contributed by atoms with Gasteiger partial charge in [-0.2, -0.15) is 0 Å². The molecule has 0 unspecified atom stereocenters. The van der Waals surface area contributed by atoms with Crippen LogP contribution in [0.4, 0.5) is 15.8 Å². The average molecular weight is 295 g/mol. The van der Waals surface area contributed by atoms with Crippen LogP contribution < -0.4 is 11.1 Å². The number of nitrogens with one attached hydrogen (secondary N) is 1. The molecule has 1 aromatic rings. The van der Waals surface area contributed by atoms with Crippen LogP contribution in [0, 0.1) is 5.82 Å². The van der Waals surface area contributed by atoms with Crippen LogP contribution in [0.15, 0.2) is 18.2 Å². The van der Waals surface area contributed by atoms with Gasteiger partial charge in [0.15, 0.2) is 0 Å². The summed E-state index contributed by atoms with van der Waals surface area (Å²) in [7, 11) is 0. The number of carbonyl (C=O) groups excluding carboxylic acids is 1. The Labute approximate surface area is 123 Å². The standard InChI is InChI=1S/C15H22FN3O2/c16-13-6-5-11(9-14(13)17)18-15(21)10-19(7-8-20)12-3-1-2-4-12/h5-6,9,12,20H,1-4,7-8,10,17H2,(H,18,21). The monoisotopic (exact) mass is 295 g/mol. The van der Waals surface area contributed by atoms with Crippen LogP contribution in [0.2, 0.25) is 0 Å². The molecule has 0 bridgehead atoms. The zero-order valence-electron chi connectivity index (χ0n) is 12.0. The van der Waals surface area contributed by atoms with Crippen LogP contribution in [-0.2, 0) is 4.79 Å². The van der Waals surface area contributed by atoms with Crippen molar-refractivity contribution in [1.82, 2.24) is 4.90 Å². The molecule has 116 valence electrons. The molecular weight excluding hydrogens is 273 g/mol. The second-order valence-electron chi connectivity index (χ2n) is 5.42. The summed E-state index contributed by atoms with van der Waals surface area (Å²) in [4.78, 5) is 14.1. The summed E-state index contributed by atoms with van der Waals surface area (Å²) in [6.45, 7) is 0.749. The number of anilines is 2. The number of aliphatic hydroxyl groups is 1. The molecule has 0 spiro atoms. The van der Waals surface area contributed by atoms with Crippen molar-refractivity contribution in [3.63, 3.8) is 0 Å². The molecule has 6 heteroatoms. The van der Waals surface area contributed by atoms with Crippen LogP contribution >= 0.6 is 0 Å². The molecule has 2 rings (SSSR count). The van der Waals surface area contributed by atoms with Crippen molar-refractivity contribution in [2.45, 2.75) is 31.7 Å². The Bertz CT molecular complexity index is 490. The van der Waals surface area contributed by atoms with E-state index in [9.17, 15) is 9.18 Å². The van der Waals surface area contributed by atoms with Gasteiger partial charge in [-0.25, -0.2) is 4.39 Å². The maximum atomic E-state index is 13.1. The third-order valence-corrected chi connectivity index (χ3v) is 3.85. The quantitative estimate of drug-likeness (QED) is 0.696. The first-order chi connectivity index (χ1) is 10.1. The van der Waals surface area contributed by atoms with E-state index in [0.717, 1.165) is 12.8 Å². The minimum atomic E-state index is -0.499. The predicted octanol–water partition coefficient (Wildman–Crippen LogP) is 1.58. The van der Waals surface area contributed by atoms with E-state index >= 15 is 0 Å². The molecule has 0 saturated heterocycles. The summed E-state index contributed by atoms with van der Waals surface area (Å²) >= 11 is 0. The van der Waals surface area contributed by atoms with Crippen molar-refractivity contribution in [3.8, 4) is 0 Å². The van der Waals surface area contributed by atoms with Crippen molar-refractivity contribution in [2.24, 2.45) is 0 Å². The molecule has 0 atom stereocenters. The number of halogens is 1. The average Bonchev–Trinajstić information content (AvgIpc) is 2.96. The van der Waals surface area contributed by atoms with Gasteiger partial charge in [0.2, 0.25) is 5.91 Å². The van der Waals surface area contributed by atoms with Crippen molar-refractivity contribution >= 4 is 17.3 Å². The number of benzene rings is 1. The van der Waals surface area contributed by atoms with Gasteiger partial charge in [0.25, 0.3) is 0 Å². The lowest BCUT2D eigenvalue weighted by Gasteiger charge is -2.27. The number of nitrogen functional groups attached to an aromatic ring is 1. The number of nitrogens with two attached hydrogens (primary N) is 1. The zero-order chi connectivity index (χ0) is 15.2. The summed E-state index contributed by atoms with van der Waals surface area (Å²) in [6, 6.07) is 4.48. The third kappa shape index (κ3) is 4.41. The molecule has 1 fully saturated rings. The van der Waals surface area contributed by atoms with E-state index in [0.29, 0.717) is 18.3 Å². The van der Waals surface area contributed by atoms with E-state index in [2.05, 4.69) is 5.32 Å². The van der Waals surface area contributed by atoms with Crippen molar-refractivity contribution in [3.05, 3.63) is 24.0 Å². The minimum Gasteiger partial charge on any atom is -0.396 e. The van der Waals surface area contributed by atoms with E-state index in [4.69, 9.17) is 10.8 Å². The summed E-state index contributed by atoms with van der Waals surface area (Å²) in [5.41, 5.74) is 5.97. The predicted molar refractivity (Wildman–Crippen MR) is 80.4 cm³/mol. The highest BCUT2D eigenvalue weighted by atomic mass is 19.1. The van der Waals surface area contributed by atoms with E-state index < -0.39 is 5.82 Å². The van der Waals surface area contributed by atoms with Gasteiger partial charge in [-0.05, 0) is 31.0 Å². The second-order valence-corrected chi connectivity index (χ2v) is 5.42. The fraction of sp³-hybridized carbons (Fsp3) is 0.533. The second kappa shape index (κ2) is 7.38. The fourth-order valence-electron chi connectivity index (χ4n) is 2.80. The molecular formula is C15H22FN3O2. The lowest BCUT2D eigenvalue weighted by Crippen LogP contribution is -2.41. The number of rotatable bonds is 6. The Kier molecular flexibility index (Phi) is 5.52. The summed E-state index contributed by atoms with van der Waals surface area (Å²) in [6.07, 6.45) is 4.47. The normalized spacial score (nSPS) is 15.6. The van der Waals surface area contributed by atoms with Gasteiger partial charge < -0.3 is 16.2 Å². The molecule has 0 aliphatic heterocycles. The van der Waals surface area contributed by atoms with Crippen LogP contribution in [0.5, 0.6) is 0 Å². The Hall–Kier alpha value is -1.66. The highest BCUT2D eigenvalue weighted by Gasteiger charge is 2.23. The maximum Gasteiger partial charge on any atom is 0.238 e. The van der Waals surface area contributed by atoms with Gasteiger partial charge in [-0.1, -0.05) is 12.8 Å². The Balaban J connectivity index is 1.93. The van der Waals surface area contributed by atoms with Gasteiger partial charge in [-0.15, -0.1) is 0 Å². The molecule has 1 saturated carbocycles. The summed E-state index contributed by atoms with van der Waals surface area (Å²) in [5, 5.41) is 11.8. The molecule has 4 N–H and O–H groups in total. The number of amides is 1. The molecule has 1 aliphatic carbocycles. The molecule has 5 nitrogen and oxygen atoms in total. The van der Waals surface area contributed by atoms with Crippen molar-refractivity contribution in [2.75, 3.05) is 30.7 Å². The number of nitrogens with zero attached hydrogens (tertiary/aromatic N) is 1. The molecule has 0 radical (unpaired) electrons. The van der Waals surface area contributed by atoms with Gasteiger partial charge in [-0.3, -0.25) is 9.69 Å². The van der Waals surface area contributed by atoms with Gasteiger partial charge in [0, 0.05) is 18.3 Å². The number of hydrogen-bond donors (Lipinski definition) is 3. The molecule has 1 amide bonds. The Morgan fingerprint density at radius 1 is 1.43 bits per heavy atom. The molecule has 21 heavy (non-hydrogen) atoms. The highest BCUT2D eigenvalue weighted by molar-refractivity contribution is 5.92. The lowest BCUT2D eigenvalue weighted by atomic mass is 10.2. The van der Waals surface area contributed by atoms with Crippen LogP contribution in [0.1, 0.15) is 25.7 Å². The van der Waals surface area contributed by atoms with Gasteiger partial charge in [0.05, 0.1) is 18.8 Å². The highest BCUT2D eigenvalue weighted by Crippen LogP contribution is 2.23. The third-order valence-electron chi connectivity index (χ3n) is 3.85. The Morgan fingerprint density at radius 3 is 2.76 bits per heavy atom. The molecule has 1 aliphatic rings. The first-order valence-corrected chi connectivity index (χ1v) is 7.30. The van der Waals surface area contributed by atoms with E-state index in [1.165, 1.54) is 31.0 Å². The molecule has 0 aromatic heterocycles. The number of aliphatic hydroxyl groups excluding tert-OH is 1. The van der Waals surface area contributed by atoms with E-state index in [1.807, 2.05) is 4.90 Å². The SMILES string of the molecule is Nc1cc(NC(=O)CN(CCO)C2CCCC2)ccc1F. The lowest BCUT2D eigenvalue weighted by molar-refractivity contribution is -0.118. The summed E-state index contributed by atoms with van der Waals surface area (Å²) in [5.74, 6) is -0.679. The van der Waals surface area contributed by atoms with Crippen LogP contribution in [0.3, 0.4) is 0 Å². The van der Waals surface area contributed by atoms with E-state index in [-0.39, 0.29) is 24.7 Å². The van der Waals surface area contributed by atoms with E-state index in [1.54, 1.807) is 0 Å². The largest absolute Gasteiger partial charge is 0.396 e. The van der Waals surface area contributed by atoms with Crippen molar-refractivity contribution < 1.29 is 14.3 Å². The smallest absolute Gasteiger partial charge is 0.238 e. The number of carbonyl (C=O) groups is 1. The first kappa shape index (κ1) is 15.7. The van der Waals surface area contributed by atoms with Crippen LogP contribution in [-0.4, -0.2) is 41.7 Å². The fourth-order valence-corrected chi connectivity index (χ4v) is 2.80. The topological polar surface area (TPSA) is 78.6 Å². The minimum absolute atomic E-state index is 0.0100. The first-order valence-electron chi connectivity index (χ1n) is 7.30. The number of hydrogen-bond acceptors (Lipinski definition) is 4. The van der Waals surface area contributed by atoms with Gasteiger partial charge >= 0.3 is 0 Å². The molecule has 1 aromatic carbocycles. The van der Waals surface area contributed by atoms with Crippen molar-refractivity contribution in [1.29, 1.82) is 0 Å². The Morgan fingerprint density at radius 2 is 2.14 bits per heavy atom. The summed E-state index contributed by atoms with van der Waals surface area (Å²) < 4.78 is 13.1. The zero-order valence-corrected chi connectivity index (χ0v) is 12.0. The molecule has 0 heterocycles. The maximum absolute atomic E-state index is 13.1. The van der Waals surface area contributed by atoms with Gasteiger partial charge in [0.1, 0.15) is 5.82 Å². The van der Waals surface area contributed by atoms with Crippen LogP contribution in [0.25, 0.3) is 0 Å².